The van der Waals surface area contributed by atoms with Gasteiger partial charge in [0.2, 0.25) is 0 Å². The number of hydrogen-bond acceptors (Lipinski definition) is 0. The minimum absolute atomic E-state index is 0.633. The minimum Gasteiger partial charge on any atom is -0.0877 e. The van der Waals surface area contributed by atoms with Gasteiger partial charge in [0, 0.05) is 5.92 Å². The molecule has 0 saturated heterocycles. The van der Waals surface area contributed by atoms with Crippen LogP contribution in [0.25, 0.3) is 0 Å². The van der Waals surface area contributed by atoms with E-state index in [2.05, 4.69) is 43.4 Å². The van der Waals surface area contributed by atoms with E-state index in [1.807, 2.05) is 0 Å². The van der Waals surface area contributed by atoms with Gasteiger partial charge in [0.25, 0.3) is 0 Å². The molecule has 0 aromatic carbocycles. The Morgan fingerprint density at radius 2 is 2.14 bits per heavy atom. The second-order valence-electron chi connectivity index (χ2n) is 4.08. The van der Waals surface area contributed by atoms with Crippen molar-refractivity contribution in [3.8, 4) is 0 Å². The Bertz CT molecular complexity index is 313. The lowest BCUT2D eigenvalue weighted by atomic mass is 9.92. The van der Waals surface area contributed by atoms with Gasteiger partial charge in [-0.3, -0.25) is 0 Å². The van der Waals surface area contributed by atoms with Crippen molar-refractivity contribution >= 4 is 0 Å². The Balaban J connectivity index is 2.22. The highest BCUT2D eigenvalue weighted by molar-refractivity contribution is 5.38. The number of hydrogen-bond donors (Lipinski definition) is 0. The standard InChI is InChI=1S/C14H18/c1-2-3-7-12-8-4-5-9-13-10-6-11-14(12)13/h2-3,6-7,10-11,14H,4-5,8-9H2,1H3. The molecule has 0 aliphatic heterocycles. The molecule has 1 atom stereocenters. The van der Waals surface area contributed by atoms with Crippen LogP contribution in [-0.4, -0.2) is 0 Å². The van der Waals surface area contributed by atoms with Crippen LogP contribution in [-0.2, 0) is 0 Å². The van der Waals surface area contributed by atoms with Crippen molar-refractivity contribution in [3.05, 3.63) is 47.6 Å². The van der Waals surface area contributed by atoms with Gasteiger partial charge in [0.1, 0.15) is 0 Å². The first kappa shape index (κ1) is 9.51. The molecule has 2 aliphatic rings. The van der Waals surface area contributed by atoms with Gasteiger partial charge < -0.3 is 0 Å². The van der Waals surface area contributed by atoms with E-state index in [1.165, 1.54) is 25.7 Å². The van der Waals surface area contributed by atoms with Gasteiger partial charge in [-0.25, -0.2) is 0 Å². The summed E-state index contributed by atoms with van der Waals surface area (Å²) in [5.74, 6) is 0.633. The van der Waals surface area contributed by atoms with Crippen LogP contribution < -0.4 is 0 Å². The van der Waals surface area contributed by atoms with Gasteiger partial charge in [-0.1, -0.05) is 47.6 Å². The molecule has 0 aromatic rings. The molecule has 14 heavy (non-hydrogen) atoms. The molecule has 1 saturated carbocycles. The maximum atomic E-state index is 2.34. The van der Waals surface area contributed by atoms with Crippen molar-refractivity contribution in [1.29, 1.82) is 0 Å². The fraction of sp³-hybridized carbons (Fsp3) is 0.429. The molecule has 74 valence electrons. The van der Waals surface area contributed by atoms with Crippen LogP contribution in [0.2, 0.25) is 0 Å². The van der Waals surface area contributed by atoms with E-state index in [0.29, 0.717) is 5.92 Å². The number of fused-ring (bicyclic) bond motifs is 1. The van der Waals surface area contributed by atoms with E-state index < -0.39 is 0 Å². The smallest absolute Gasteiger partial charge is 0.0196 e. The second kappa shape index (κ2) is 4.45. The van der Waals surface area contributed by atoms with Crippen LogP contribution in [0.1, 0.15) is 32.6 Å². The van der Waals surface area contributed by atoms with Gasteiger partial charge in [-0.2, -0.15) is 0 Å². The minimum atomic E-state index is 0.633. The van der Waals surface area contributed by atoms with Gasteiger partial charge in [-0.15, -0.1) is 0 Å². The highest BCUT2D eigenvalue weighted by atomic mass is 14.3. The van der Waals surface area contributed by atoms with Crippen molar-refractivity contribution < 1.29 is 0 Å². The summed E-state index contributed by atoms with van der Waals surface area (Å²) in [6, 6.07) is 0. The lowest BCUT2D eigenvalue weighted by molar-refractivity contribution is 0.762. The van der Waals surface area contributed by atoms with Crippen LogP contribution in [0.4, 0.5) is 0 Å². The van der Waals surface area contributed by atoms with E-state index in [-0.39, 0.29) is 0 Å². The van der Waals surface area contributed by atoms with Crippen LogP contribution in [0.3, 0.4) is 0 Å². The molecular formula is C14H18. The Morgan fingerprint density at radius 3 is 3.00 bits per heavy atom. The summed E-state index contributed by atoms with van der Waals surface area (Å²) in [7, 11) is 0. The van der Waals surface area contributed by atoms with E-state index in [9.17, 15) is 0 Å². The first-order valence-electron chi connectivity index (χ1n) is 5.61. The molecule has 0 radical (unpaired) electrons. The van der Waals surface area contributed by atoms with Crippen molar-refractivity contribution in [2.75, 3.05) is 0 Å². The average Bonchev–Trinajstić information content (AvgIpc) is 2.58. The second-order valence-corrected chi connectivity index (χ2v) is 4.08. The van der Waals surface area contributed by atoms with Gasteiger partial charge in [0.05, 0.1) is 0 Å². The average molecular weight is 186 g/mol. The molecular weight excluding hydrogens is 168 g/mol. The summed E-state index contributed by atoms with van der Waals surface area (Å²) in [5, 5.41) is 0. The Morgan fingerprint density at radius 1 is 1.29 bits per heavy atom. The first-order chi connectivity index (χ1) is 6.92. The van der Waals surface area contributed by atoms with E-state index in [0.717, 1.165) is 0 Å². The third kappa shape index (κ3) is 1.89. The Labute approximate surface area is 86.7 Å². The van der Waals surface area contributed by atoms with Crippen LogP contribution in [0, 0.1) is 5.92 Å². The number of allylic oxidation sites excluding steroid dienone is 8. The lowest BCUT2D eigenvalue weighted by Crippen LogP contribution is -1.99. The fourth-order valence-corrected chi connectivity index (χ4v) is 2.34. The third-order valence-electron chi connectivity index (χ3n) is 3.10. The maximum Gasteiger partial charge on any atom is 0.0196 e. The van der Waals surface area contributed by atoms with E-state index >= 15 is 0 Å². The van der Waals surface area contributed by atoms with Gasteiger partial charge in [0.15, 0.2) is 0 Å². The topological polar surface area (TPSA) is 0 Å². The monoisotopic (exact) mass is 186 g/mol. The van der Waals surface area contributed by atoms with Crippen molar-refractivity contribution in [2.24, 2.45) is 5.92 Å². The molecule has 0 nitrogen and oxygen atoms in total. The van der Waals surface area contributed by atoms with Crippen molar-refractivity contribution in [1.82, 2.24) is 0 Å². The van der Waals surface area contributed by atoms with Crippen molar-refractivity contribution in [2.45, 2.75) is 32.6 Å². The number of rotatable bonds is 1. The van der Waals surface area contributed by atoms with Gasteiger partial charge >= 0.3 is 0 Å². The summed E-state index contributed by atoms with van der Waals surface area (Å²) < 4.78 is 0. The van der Waals surface area contributed by atoms with Crippen LogP contribution in [0.5, 0.6) is 0 Å². The molecule has 0 N–H and O–H groups in total. The lowest BCUT2D eigenvalue weighted by Gasteiger charge is -2.12. The zero-order valence-electron chi connectivity index (χ0n) is 8.87. The van der Waals surface area contributed by atoms with E-state index in [4.69, 9.17) is 0 Å². The first-order valence-corrected chi connectivity index (χ1v) is 5.61. The largest absolute Gasteiger partial charge is 0.0877 e. The quantitative estimate of drug-likeness (QED) is 0.576. The summed E-state index contributed by atoms with van der Waals surface area (Å²) >= 11 is 0. The molecule has 0 amide bonds. The summed E-state index contributed by atoms with van der Waals surface area (Å²) in [6.45, 7) is 2.08. The normalized spacial score (nSPS) is 29.4. The van der Waals surface area contributed by atoms with E-state index in [1.54, 1.807) is 11.1 Å². The predicted molar refractivity (Wildman–Crippen MR) is 62.1 cm³/mol. The van der Waals surface area contributed by atoms with Crippen LogP contribution in [0.15, 0.2) is 47.6 Å². The summed E-state index contributed by atoms with van der Waals surface area (Å²) in [5.41, 5.74) is 3.22. The molecule has 2 aliphatic carbocycles. The molecule has 0 spiro atoms. The summed E-state index contributed by atoms with van der Waals surface area (Å²) in [6.07, 6.45) is 18.7. The Kier molecular flexibility index (Phi) is 3.03. The molecule has 0 bridgehead atoms. The molecule has 0 heteroatoms. The predicted octanol–water partition coefficient (Wildman–Crippen LogP) is 4.18. The summed E-state index contributed by atoms with van der Waals surface area (Å²) in [4.78, 5) is 0. The van der Waals surface area contributed by atoms with Crippen molar-refractivity contribution in [3.63, 3.8) is 0 Å². The molecule has 0 heterocycles. The third-order valence-corrected chi connectivity index (χ3v) is 3.10. The molecule has 1 fully saturated rings. The Hall–Kier alpha value is -1.04. The van der Waals surface area contributed by atoms with Crippen LogP contribution >= 0.6 is 0 Å². The molecule has 2 rings (SSSR count). The SMILES string of the molecule is CC=CC=C1CCCCC2=CC=CC12. The zero-order chi connectivity index (χ0) is 9.80. The highest BCUT2D eigenvalue weighted by Gasteiger charge is 2.20. The molecule has 1 unspecified atom stereocenters. The van der Waals surface area contributed by atoms with Gasteiger partial charge in [-0.05, 0) is 32.6 Å². The fourth-order valence-electron chi connectivity index (χ4n) is 2.34. The zero-order valence-corrected chi connectivity index (χ0v) is 8.87. The maximum absolute atomic E-state index is 2.34. The highest BCUT2D eigenvalue weighted by Crippen LogP contribution is 2.36. The molecule has 0 aromatic heterocycles.